The third-order valence-electron chi connectivity index (χ3n) is 3.34. The number of nitrogens with one attached hydrogen (secondary N) is 1. The maximum atomic E-state index is 5.77. The van der Waals surface area contributed by atoms with Gasteiger partial charge in [0.25, 0.3) is 0 Å². The van der Waals surface area contributed by atoms with Gasteiger partial charge in [0.15, 0.2) is 11.5 Å². The maximum Gasteiger partial charge on any atom is 0.246 e. The van der Waals surface area contributed by atoms with E-state index in [1.807, 2.05) is 19.9 Å². The smallest absolute Gasteiger partial charge is 0.246 e. The van der Waals surface area contributed by atoms with Crippen molar-refractivity contribution in [3.05, 3.63) is 23.8 Å². The molecule has 2 aliphatic rings. The third kappa shape index (κ3) is 2.44. The Balaban J connectivity index is 1.71. The lowest BCUT2D eigenvalue weighted by atomic mass is 10.2. The molecule has 0 aromatic heterocycles. The van der Waals surface area contributed by atoms with Gasteiger partial charge in [0, 0.05) is 46.6 Å². The van der Waals surface area contributed by atoms with E-state index in [0.29, 0.717) is 0 Å². The van der Waals surface area contributed by atoms with Crippen molar-refractivity contribution in [3.8, 4) is 11.5 Å². The summed E-state index contributed by atoms with van der Waals surface area (Å²) < 4.78 is 11.5. The minimum atomic E-state index is -0.532. The number of hydrogen-bond acceptors (Lipinski definition) is 4. The van der Waals surface area contributed by atoms with E-state index in [1.165, 1.54) is 5.56 Å². The Morgan fingerprint density at radius 1 is 1.17 bits per heavy atom. The fraction of sp³-hybridized carbons (Fsp3) is 0.571. The molecule has 3 rings (SSSR count). The molecule has 0 bridgehead atoms. The van der Waals surface area contributed by atoms with E-state index in [4.69, 9.17) is 9.47 Å². The average Bonchev–Trinajstić information content (AvgIpc) is 2.63. The van der Waals surface area contributed by atoms with Crippen molar-refractivity contribution in [2.75, 3.05) is 26.2 Å². The first-order valence-corrected chi connectivity index (χ1v) is 6.56. The van der Waals surface area contributed by atoms with Gasteiger partial charge < -0.3 is 14.8 Å². The minimum absolute atomic E-state index is 0.532. The first-order valence-electron chi connectivity index (χ1n) is 6.56. The van der Waals surface area contributed by atoms with Crippen molar-refractivity contribution >= 4 is 0 Å². The van der Waals surface area contributed by atoms with Crippen LogP contribution in [0.3, 0.4) is 0 Å². The van der Waals surface area contributed by atoms with Gasteiger partial charge in [-0.2, -0.15) is 0 Å². The van der Waals surface area contributed by atoms with E-state index in [2.05, 4.69) is 22.3 Å². The second-order valence-electron chi connectivity index (χ2n) is 5.41. The Kier molecular flexibility index (Phi) is 2.92. The van der Waals surface area contributed by atoms with Gasteiger partial charge in [-0.25, -0.2) is 0 Å². The van der Waals surface area contributed by atoms with Gasteiger partial charge >= 0.3 is 0 Å². The zero-order chi connectivity index (χ0) is 12.6. The Bertz CT molecular complexity index is 439. The van der Waals surface area contributed by atoms with Crippen LogP contribution in [0.2, 0.25) is 0 Å². The van der Waals surface area contributed by atoms with E-state index < -0.39 is 5.79 Å². The molecule has 18 heavy (non-hydrogen) atoms. The number of nitrogens with zero attached hydrogens (tertiary/aromatic N) is 1. The minimum Gasteiger partial charge on any atom is -0.449 e. The Hall–Kier alpha value is -1.26. The third-order valence-corrected chi connectivity index (χ3v) is 3.34. The molecule has 1 aromatic carbocycles. The molecule has 0 unspecified atom stereocenters. The zero-order valence-electron chi connectivity index (χ0n) is 11.0. The molecule has 4 heteroatoms. The van der Waals surface area contributed by atoms with Gasteiger partial charge in [0.2, 0.25) is 5.79 Å². The number of benzene rings is 1. The zero-order valence-corrected chi connectivity index (χ0v) is 11.0. The predicted octanol–water partition coefficient (Wildman–Crippen LogP) is 1.60. The van der Waals surface area contributed by atoms with Gasteiger partial charge in [-0.15, -0.1) is 0 Å². The number of fused-ring (bicyclic) bond motifs is 1. The molecule has 0 amide bonds. The lowest BCUT2D eigenvalue weighted by Crippen LogP contribution is -2.42. The van der Waals surface area contributed by atoms with Crippen LogP contribution in [0.1, 0.15) is 19.4 Å². The van der Waals surface area contributed by atoms with Crippen LogP contribution in [0.15, 0.2) is 18.2 Å². The van der Waals surface area contributed by atoms with E-state index in [-0.39, 0.29) is 0 Å². The normalized spacial score (nSPS) is 22.1. The molecule has 2 heterocycles. The van der Waals surface area contributed by atoms with E-state index in [9.17, 15) is 0 Å². The van der Waals surface area contributed by atoms with Crippen LogP contribution in [-0.2, 0) is 6.54 Å². The fourth-order valence-corrected chi connectivity index (χ4v) is 2.49. The number of rotatable bonds is 2. The highest BCUT2D eigenvalue weighted by molar-refractivity contribution is 5.45. The quantitative estimate of drug-likeness (QED) is 0.862. The van der Waals surface area contributed by atoms with Crippen LogP contribution in [0.5, 0.6) is 11.5 Å². The van der Waals surface area contributed by atoms with E-state index >= 15 is 0 Å². The molecule has 4 nitrogen and oxygen atoms in total. The average molecular weight is 248 g/mol. The van der Waals surface area contributed by atoms with Crippen molar-refractivity contribution in [1.29, 1.82) is 0 Å². The highest BCUT2D eigenvalue weighted by Gasteiger charge is 2.31. The molecular formula is C14H20N2O2. The lowest BCUT2D eigenvalue weighted by molar-refractivity contribution is -0.0431. The lowest BCUT2D eigenvalue weighted by Gasteiger charge is -2.27. The van der Waals surface area contributed by atoms with Crippen LogP contribution < -0.4 is 14.8 Å². The monoisotopic (exact) mass is 248 g/mol. The van der Waals surface area contributed by atoms with Crippen LogP contribution >= 0.6 is 0 Å². The molecule has 0 atom stereocenters. The first kappa shape index (κ1) is 11.8. The van der Waals surface area contributed by atoms with Crippen LogP contribution in [-0.4, -0.2) is 36.9 Å². The maximum absolute atomic E-state index is 5.77. The van der Waals surface area contributed by atoms with Crippen molar-refractivity contribution < 1.29 is 9.47 Å². The van der Waals surface area contributed by atoms with Gasteiger partial charge in [0.1, 0.15) is 0 Å². The molecule has 1 saturated heterocycles. The Labute approximate surface area is 108 Å². The Morgan fingerprint density at radius 2 is 1.89 bits per heavy atom. The summed E-state index contributed by atoms with van der Waals surface area (Å²) in [6, 6.07) is 6.25. The summed E-state index contributed by atoms with van der Waals surface area (Å²) in [6.07, 6.45) is 0. The summed E-state index contributed by atoms with van der Waals surface area (Å²) in [5.74, 6) is 1.19. The summed E-state index contributed by atoms with van der Waals surface area (Å²) in [5, 5.41) is 3.37. The summed E-state index contributed by atoms with van der Waals surface area (Å²) in [4.78, 5) is 2.46. The molecule has 1 N–H and O–H groups in total. The predicted molar refractivity (Wildman–Crippen MR) is 69.9 cm³/mol. The Morgan fingerprint density at radius 3 is 2.67 bits per heavy atom. The van der Waals surface area contributed by atoms with Crippen molar-refractivity contribution in [2.24, 2.45) is 0 Å². The van der Waals surface area contributed by atoms with Crippen LogP contribution in [0.4, 0.5) is 0 Å². The molecular weight excluding hydrogens is 228 g/mol. The molecule has 1 fully saturated rings. The fourth-order valence-electron chi connectivity index (χ4n) is 2.49. The van der Waals surface area contributed by atoms with Crippen LogP contribution in [0, 0.1) is 0 Å². The van der Waals surface area contributed by atoms with Crippen molar-refractivity contribution in [3.63, 3.8) is 0 Å². The molecule has 1 aromatic rings. The largest absolute Gasteiger partial charge is 0.449 e. The number of ether oxygens (including phenoxy) is 2. The second kappa shape index (κ2) is 4.44. The molecule has 0 aliphatic carbocycles. The summed E-state index contributed by atoms with van der Waals surface area (Å²) >= 11 is 0. The summed E-state index contributed by atoms with van der Waals surface area (Å²) in [6.45, 7) is 9.24. The van der Waals surface area contributed by atoms with Crippen LogP contribution in [0.25, 0.3) is 0 Å². The van der Waals surface area contributed by atoms with Crippen molar-refractivity contribution in [1.82, 2.24) is 10.2 Å². The van der Waals surface area contributed by atoms with Crippen molar-refractivity contribution in [2.45, 2.75) is 26.2 Å². The van der Waals surface area contributed by atoms with Gasteiger partial charge in [0.05, 0.1) is 0 Å². The molecule has 0 radical (unpaired) electrons. The first-order chi connectivity index (χ1) is 8.62. The summed E-state index contributed by atoms with van der Waals surface area (Å²) in [5.41, 5.74) is 1.29. The highest BCUT2D eigenvalue weighted by atomic mass is 16.7. The number of hydrogen-bond donors (Lipinski definition) is 1. The molecule has 98 valence electrons. The van der Waals surface area contributed by atoms with E-state index in [0.717, 1.165) is 44.2 Å². The van der Waals surface area contributed by atoms with Gasteiger partial charge in [-0.1, -0.05) is 6.07 Å². The topological polar surface area (TPSA) is 33.7 Å². The second-order valence-corrected chi connectivity index (χ2v) is 5.41. The SMILES string of the molecule is CC1(C)Oc2ccc(CN3CCNCC3)cc2O1. The number of piperazine rings is 1. The molecule has 0 saturated carbocycles. The van der Waals surface area contributed by atoms with Gasteiger partial charge in [-0.3, -0.25) is 4.90 Å². The van der Waals surface area contributed by atoms with E-state index in [1.54, 1.807) is 0 Å². The summed E-state index contributed by atoms with van der Waals surface area (Å²) in [7, 11) is 0. The molecule has 2 aliphatic heterocycles. The molecule has 0 spiro atoms. The highest BCUT2D eigenvalue weighted by Crippen LogP contribution is 2.39. The van der Waals surface area contributed by atoms with Gasteiger partial charge in [-0.05, 0) is 17.7 Å². The standard InChI is InChI=1S/C14H20N2O2/c1-14(2)17-12-4-3-11(9-13(12)18-14)10-16-7-5-15-6-8-16/h3-4,9,15H,5-8,10H2,1-2H3.